The normalized spacial score (nSPS) is 10.7. The van der Waals surface area contributed by atoms with Gasteiger partial charge in [-0.2, -0.15) is 0 Å². The summed E-state index contributed by atoms with van der Waals surface area (Å²) in [5, 5.41) is 0. The van der Waals surface area contributed by atoms with E-state index in [4.69, 9.17) is 0 Å². The molecule has 0 heteroatoms. The fourth-order valence-electron chi connectivity index (χ4n) is 2.17. The lowest BCUT2D eigenvalue weighted by Gasteiger charge is -2.07. The summed E-state index contributed by atoms with van der Waals surface area (Å²) in [7, 11) is 0. The van der Waals surface area contributed by atoms with Crippen molar-refractivity contribution in [3.05, 3.63) is 34.9 Å². The first-order valence-electron chi connectivity index (χ1n) is 6.80. The number of aryl methyl sites for hydroxylation is 3. The lowest BCUT2D eigenvalue weighted by atomic mass is 9.99. The van der Waals surface area contributed by atoms with Crippen LogP contribution >= 0.6 is 0 Å². The van der Waals surface area contributed by atoms with Crippen LogP contribution in [0.15, 0.2) is 18.2 Å². The highest BCUT2D eigenvalue weighted by molar-refractivity contribution is 5.30. The Bertz CT molecular complexity index is 299. The van der Waals surface area contributed by atoms with E-state index in [2.05, 4.69) is 39.0 Å². The van der Waals surface area contributed by atoms with Crippen LogP contribution in [-0.2, 0) is 6.42 Å². The second-order valence-corrected chi connectivity index (χ2v) is 4.95. The van der Waals surface area contributed by atoms with Crippen molar-refractivity contribution in [2.24, 2.45) is 0 Å². The Balaban J connectivity index is 2.23. The first-order valence-corrected chi connectivity index (χ1v) is 6.80. The zero-order valence-corrected chi connectivity index (χ0v) is 11.2. The van der Waals surface area contributed by atoms with Crippen molar-refractivity contribution in [3.63, 3.8) is 0 Å². The molecule has 0 aliphatic carbocycles. The average Bonchev–Trinajstić information content (AvgIpc) is 2.28. The van der Waals surface area contributed by atoms with Crippen molar-refractivity contribution in [2.45, 2.75) is 65.7 Å². The third-order valence-electron chi connectivity index (χ3n) is 3.30. The van der Waals surface area contributed by atoms with Crippen LogP contribution in [0.25, 0.3) is 0 Å². The van der Waals surface area contributed by atoms with Gasteiger partial charge in [0.2, 0.25) is 0 Å². The lowest BCUT2D eigenvalue weighted by Crippen LogP contribution is -1.91. The van der Waals surface area contributed by atoms with E-state index >= 15 is 0 Å². The van der Waals surface area contributed by atoms with Crippen LogP contribution in [0.3, 0.4) is 0 Å². The average molecular weight is 218 g/mol. The first kappa shape index (κ1) is 13.3. The zero-order chi connectivity index (χ0) is 11.8. The van der Waals surface area contributed by atoms with Crippen molar-refractivity contribution in [2.75, 3.05) is 0 Å². The summed E-state index contributed by atoms with van der Waals surface area (Å²) in [4.78, 5) is 0. The largest absolute Gasteiger partial charge is 0.0654 e. The van der Waals surface area contributed by atoms with Gasteiger partial charge >= 0.3 is 0 Å². The minimum atomic E-state index is 1.26. The highest BCUT2D eigenvalue weighted by atomic mass is 14.0. The quantitative estimate of drug-likeness (QED) is 0.551. The van der Waals surface area contributed by atoms with E-state index < -0.39 is 0 Å². The smallest absolute Gasteiger partial charge is 0.0276 e. The summed E-state index contributed by atoms with van der Waals surface area (Å²) in [5.74, 6) is 0. The molecule has 90 valence electrons. The minimum absolute atomic E-state index is 1.26. The van der Waals surface area contributed by atoms with Crippen LogP contribution in [0, 0.1) is 13.8 Å². The summed E-state index contributed by atoms with van der Waals surface area (Å²) >= 11 is 0. The minimum Gasteiger partial charge on any atom is -0.0654 e. The summed E-state index contributed by atoms with van der Waals surface area (Å²) in [6.45, 7) is 6.69. The van der Waals surface area contributed by atoms with Gasteiger partial charge in [-0.15, -0.1) is 0 Å². The number of hydrogen-bond acceptors (Lipinski definition) is 0. The monoisotopic (exact) mass is 218 g/mol. The van der Waals surface area contributed by atoms with Crippen molar-refractivity contribution in [1.82, 2.24) is 0 Å². The van der Waals surface area contributed by atoms with Gasteiger partial charge in [-0.1, -0.05) is 62.8 Å². The predicted molar refractivity (Wildman–Crippen MR) is 73.0 cm³/mol. The number of rotatable bonds is 7. The number of unbranched alkanes of at least 4 members (excludes halogenated alkanes) is 5. The van der Waals surface area contributed by atoms with Crippen molar-refractivity contribution < 1.29 is 0 Å². The fraction of sp³-hybridized carbons (Fsp3) is 0.625. The van der Waals surface area contributed by atoms with Crippen molar-refractivity contribution in [1.29, 1.82) is 0 Å². The Morgan fingerprint density at radius 2 is 1.56 bits per heavy atom. The maximum Gasteiger partial charge on any atom is -0.0276 e. The van der Waals surface area contributed by atoms with E-state index in [0.717, 1.165) is 0 Å². The van der Waals surface area contributed by atoms with E-state index in [-0.39, 0.29) is 0 Å². The molecule has 0 heterocycles. The number of benzene rings is 1. The van der Waals surface area contributed by atoms with Gasteiger partial charge in [0, 0.05) is 0 Å². The molecule has 0 atom stereocenters. The third kappa shape index (κ3) is 4.83. The van der Waals surface area contributed by atoms with Gasteiger partial charge in [0.05, 0.1) is 0 Å². The summed E-state index contributed by atoms with van der Waals surface area (Å²) in [6, 6.07) is 6.81. The van der Waals surface area contributed by atoms with Gasteiger partial charge in [0.25, 0.3) is 0 Å². The summed E-state index contributed by atoms with van der Waals surface area (Å²) in [5.41, 5.74) is 4.40. The molecule has 0 fully saturated rings. The molecule has 0 aliphatic heterocycles. The standard InChI is InChI=1S/C16H26/c1-4-5-6-7-8-9-10-16-13-14(2)11-12-15(16)3/h11-13H,4-10H2,1-3H3. The molecule has 0 spiro atoms. The van der Waals surface area contributed by atoms with E-state index in [1.807, 2.05) is 0 Å². The summed E-state index contributed by atoms with van der Waals surface area (Å²) < 4.78 is 0. The molecule has 0 N–H and O–H groups in total. The molecule has 1 aromatic rings. The molecule has 1 rings (SSSR count). The molecule has 1 aromatic carbocycles. The van der Waals surface area contributed by atoms with Crippen LogP contribution in [-0.4, -0.2) is 0 Å². The molecule has 0 nitrogen and oxygen atoms in total. The van der Waals surface area contributed by atoms with Crippen molar-refractivity contribution in [3.8, 4) is 0 Å². The van der Waals surface area contributed by atoms with Crippen LogP contribution in [0.5, 0.6) is 0 Å². The van der Waals surface area contributed by atoms with Gasteiger partial charge in [0.15, 0.2) is 0 Å². The molecule has 0 amide bonds. The highest BCUT2D eigenvalue weighted by Crippen LogP contribution is 2.15. The van der Waals surface area contributed by atoms with E-state index in [1.54, 1.807) is 5.56 Å². The zero-order valence-electron chi connectivity index (χ0n) is 11.2. The Morgan fingerprint density at radius 1 is 0.875 bits per heavy atom. The summed E-state index contributed by atoms with van der Waals surface area (Å²) in [6.07, 6.45) is 9.60. The molecule has 0 saturated carbocycles. The topological polar surface area (TPSA) is 0 Å². The van der Waals surface area contributed by atoms with Crippen LogP contribution in [0.4, 0.5) is 0 Å². The Labute approximate surface area is 101 Å². The molecule has 0 bridgehead atoms. The Kier molecular flexibility index (Phi) is 6.22. The van der Waals surface area contributed by atoms with Gasteiger partial charge in [-0.25, -0.2) is 0 Å². The molecule has 0 unspecified atom stereocenters. The van der Waals surface area contributed by atoms with Crippen LogP contribution in [0.2, 0.25) is 0 Å². The second kappa shape index (κ2) is 7.49. The SMILES string of the molecule is CCCCCCCCc1cc(C)ccc1C. The fourth-order valence-corrected chi connectivity index (χ4v) is 2.17. The molecule has 0 aliphatic rings. The lowest BCUT2D eigenvalue weighted by molar-refractivity contribution is 0.607. The predicted octanol–water partition coefficient (Wildman–Crippen LogP) is 5.21. The van der Waals surface area contributed by atoms with Gasteiger partial charge < -0.3 is 0 Å². The second-order valence-electron chi connectivity index (χ2n) is 4.95. The highest BCUT2D eigenvalue weighted by Gasteiger charge is 1.98. The molecular weight excluding hydrogens is 192 g/mol. The van der Waals surface area contributed by atoms with Crippen LogP contribution < -0.4 is 0 Å². The Hall–Kier alpha value is -0.780. The molecule has 16 heavy (non-hydrogen) atoms. The first-order chi connectivity index (χ1) is 7.74. The Morgan fingerprint density at radius 3 is 2.31 bits per heavy atom. The number of hydrogen-bond donors (Lipinski definition) is 0. The van der Waals surface area contributed by atoms with E-state index in [0.29, 0.717) is 0 Å². The molecule has 0 aromatic heterocycles. The molecule has 0 saturated heterocycles. The molecule has 0 radical (unpaired) electrons. The van der Waals surface area contributed by atoms with Gasteiger partial charge in [-0.3, -0.25) is 0 Å². The van der Waals surface area contributed by atoms with E-state index in [1.165, 1.54) is 56.1 Å². The van der Waals surface area contributed by atoms with Crippen molar-refractivity contribution >= 4 is 0 Å². The van der Waals surface area contributed by atoms with Crippen LogP contribution in [0.1, 0.15) is 62.1 Å². The van der Waals surface area contributed by atoms with E-state index in [9.17, 15) is 0 Å². The molecular formula is C16H26. The third-order valence-corrected chi connectivity index (χ3v) is 3.30. The maximum atomic E-state index is 2.35. The van der Waals surface area contributed by atoms with Gasteiger partial charge in [0.1, 0.15) is 0 Å². The maximum absolute atomic E-state index is 2.35. The van der Waals surface area contributed by atoms with Gasteiger partial charge in [-0.05, 0) is 37.8 Å².